The van der Waals surface area contributed by atoms with E-state index in [2.05, 4.69) is 0 Å². The number of halogens is 2. The van der Waals surface area contributed by atoms with Crippen molar-refractivity contribution < 1.29 is 4.39 Å². The van der Waals surface area contributed by atoms with Crippen molar-refractivity contribution in [2.24, 2.45) is 5.73 Å². The molecule has 0 saturated carbocycles. The Hall–Kier alpha value is -1.03. The van der Waals surface area contributed by atoms with Crippen LogP contribution in [0.15, 0.2) is 47.4 Å². The van der Waals surface area contributed by atoms with Gasteiger partial charge in [0.2, 0.25) is 0 Å². The van der Waals surface area contributed by atoms with Gasteiger partial charge >= 0.3 is 0 Å². The monoisotopic (exact) mass is 295 g/mol. The maximum Gasteiger partial charge on any atom is 0.137 e. The lowest BCUT2D eigenvalue weighted by molar-refractivity contribution is 0.591. The van der Waals surface area contributed by atoms with Crippen molar-refractivity contribution >= 4 is 23.4 Å². The highest BCUT2D eigenvalue weighted by Crippen LogP contribution is 2.31. The van der Waals surface area contributed by atoms with Gasteiger partial charge in [-0.3, -0.25) is 0 Å². The van der Waals surface area contributed by atoms with Crippen molar-refractivity contribution in [2.45, 2.75) is 23.6 Å². The summed E-state index contributed by atoms with van der Waals surface area (Å²) in [4.78, 5) is 0.632. The van der Waals surface area contributed by atoms with Crippen LogP contribution < -0.4 is 5.73 Å². The molecule has 19 heavy (non-hydrogen) atoms. The van der Waals surface area contributed by atoms with E-state index in [4.69, 9.17) is 17.3 Å². The number of thioether (sulfide) groups is 1. The van der Waals surface area contributed by atoms with E-state index in [-0.39, 0.29) is 11.9 Å². The minimum atomic E-state index is -0.214. The van der Waals surface area contributed by atoms with E-state index in [9.17, 15) is 4.39 Å². The Morgan fingerprint density at radius 2 is 1.89 bits per heavy atom. The lowest BCUT2D eigenvalue weighted by Crippen LogP contribution is -2.07. The smallest absolute Gasteiger partial charge is 0.137 e. The largest absolute Gasteiger partial charge is 0.324 e. The van der Waals surface area contributed by atoms with Gasteiger partial charge in [-0.15, -0.1) is 11.8 Å². The Morgan fingerprint density at radius 3 is 2.53 bits per heavy atom. The summed E-state index contributed by atoms with van der Waals surface area (Å²) in [6.07, 6.45) is 0. The van der Waals surface area contributed by atoms with Gasteiger partial charge in [-0.1, -0.05) is 35.9 Å². The SMILES string of the molecule is CC(N)c1cccc(F)c1SCc1ccc(Cl)cc1. The second-order valence-corrected chi connectivity index (χ2v) is 5.78. The second-order valence-electron chi connectivity index (χ2n) is 4.36. The molecular formula is C15H15ClFNS. The van der Waals surface area contributed by atoms with Crippen LogP contribution in [-0.4, -0.2) is 0 Å². The molecule has 0 aromatic heterocycles. The van der Waals surface area contributed by atoms with E-state index < -0.39 is 0 Å². The molecule has 0 aliphatic carbocycles. The standard InChI is InChI=1S/C15H15ClFNS/c1-10(18)13-3-2-4-14(17)15(13)19-9-11-5-7-12(16)8-6-11/h2-8,10H,9,18H2,1H3. The van der Waals surface area contributed by atoms with Crippen LogP contribution in [0.4, 0.5) is 4.39 Å². The Labute approximate surface area is 122 Å². The van der Waals surface area contributed by atoms with Crippen molar-refractivity contribution in [1.82, 2.24) is 0 Å². The highest BCUT2D eigenvalue weighted by atomic mass is 35.5. The Morgan fingerprint density at radius 1 is 1.21 bits per heavy atom. The van der Waals surface area contributed by atoms with Crippen LogP contribution in [0, 0.1) is 5.82 Å². The van der Waals surface area contributed by atoms with Crippen LogP contribution in [0.3, 0.4) is 0 Å². The number of benzene rings is 2. The van der Waals surface area contributed by atoms with Crippen LogP contribution in [-0.2, 0) is 5.75 Å². The molecule has 1 atom stereocenters. The first kappa shape index (κ1) is 14.4. The lowest BCUT2D eigenvalue weighted by Gasteiger charge is -2.13. The van der Waals surface area contributed by atoms with Gasteiger partial charge in [-0.2, -0.15) is 0 Å². The zero-order valence-electron chi connectivity index (χ0n) is 10.6. The number of hydrogen-bond donors (Lipinski definition) is 1. The number of nitrogens with two attached hydrogens (primary N) is 1. The summed E-state index contributed by atoms with van der Waals surface area (Å²) in [5.41, 5.74) is 7.83. The molecule has 0 spiro atoms. The van der Waals surface area contributed by atoms with Gasteiger partial charge in [0.05, 0.1) is 0 Å². The molecule has 0 aliphatic rings. The number of rotatable bonds is 4. The van der Waals surface area contributed by atoms with Crippen molar-refractivity contribution in [2.75, 3.05) is 0 Å². The van der Waals surface area contributed by atoms with Crippen molar-refractivity contribution in [3.63, 3.8) is 0 Å². The maximum atomic E-state index is 13.9. The highest BCUT2D eigenvalue weighted by molar-refractivity contribution is 7.98. The molecule has 1 unspecified atom stereocenters. The van der Waals surface area contributed by atoms with Gasteiger partial charge in [0.15, 0.2) is 0 Å². The summed E-state index contributed by atoms with van der Waals surface area (Å²) >= 11 is 7.30. The molecular weight excluding hydrogens is 281 g/mol. The predicted molar refractivity (Wildman–Crippen MR) is 80.0 cm³/mol. The lowest BCUT2D eigenvalue weighted by atomic mass is 10.1. The zero-order chi connectivity index (χ0) is 13.8. The molecule has 0 saturated heterocycles. The van der Waals surface area contributed by atoms with Gasteiger partial charge in [0.1, 0.15) is 5.82 Å². The molecule has 1 nitrogen and oxygen atoms in total. The molecule has 2 N–H and O–H groups in total. The van der Waals surface area contributed by atoms with E-state index in [1.54, 1.807) is 6.07 Å². The molecule has 4 heteroatoms. The Bertz CT molecular complexity index is 555. The molecule has 0 amide bonds. The third-order valence-corrected chi connectivity index (χ3v) is 4.23. The van der Waals surface area contributed by atoms with Gasteiger partial charge in [-0.25, -0.2) is 4.39 Å². The normalized spacial score (nSPS) is 12.4. The first-order chi connectivity index (χ1) is 9.08. The van der Waals surface area contributed by atoms with E-state index in [1.165, 1.54) is 17.8 Å². The van der Waals surface area contributed by atoms with Gasteiger partial charge in [-0.05, 0) is 36.2 Å². The van der Waals surface area contributed by atoms with Crippen molar-refractivity contribution in [1.29, 1.82) is 0 Å². The Kier molecular flexibility index (Phi) is 4.86. The predicted octanol–water partition coefficient (Wildman–Crippen LogP) is 4.79. The van der Waals surface area contributed by atoms with E-state index in [1.807, 2.05) is 37.3 Å². The van der Waals surface area contributed by atoms with Gasteiger partial charge in [0.25, 0.3) is 0 Å². The maximum absolute atomic E-state index is 13.9. The molecule has 0 fully saturated rings. The molecule has 0 radical (unpaired) electrons. The minimum absolute atomic E-state index is 0.177. The Balaban J connectivity index is 2.17. The summed E-state index contributed by atoms with van der Waals surface area (Å²) in [5, 5.41) is 0.705. The molecule has 0 aliphatic heterocycles. The van der Waals surface area contributed by atoms with E-state index in [0.717, 1.165) is 11.1 Å². The fraction of sp³-hybridized carbons (Fsp3) is 0.200. The topological polar surface area (TPSA) is 26.0 Å². The van der Waals surface area contributed by atoms with Crippen LogP contribution in [0.1, 0.15) is 24.1 Å². The summed E-state index contributed by atoms with van der Waals surface area (Å²) in [7, 11) is 0. The third kappa shape index (κ3) is 3.72. The van der Waals surface area contributed by atoms with E-state index in [0.29, 0.717) is 15.7 Å². The summed E-state index contributed by atoms with van der Waals surface area (Å²) < 4.78 is 13.9. The van der Waals surface area contributed by atoms with Crippen LogP contribution >= 0.6 is 23.4 Å². The van der Waals surface area contributed by atoms with Crippen molar-refractivity contribution in [3.8, 4) is 0 Å². The van der Waals surface area contributed by atoms with E-state index >= 15 is 0 Å². The van der Waals surface area contributed by atoms with Crippen molar-refractivity contribution in [3.05, 3.63) is 64.4 Å². The zero-order valence-corrected chi connectivity index (χ0v) is 12.1. The average Bonchev–Trinajstić information content (AvgIpc) is 2.39. The highest BCUT2D eigenvalue weighted by Gasteiger charge is 2.12. The van der Waals surface area contributed by atoms with Crippen LogP contribution in [0.25, 0.3) is 0 Å². The molecule has 2 aromatic rings. The molecule has 0 bridgehead atoms. The number of hydrogen-bond acceptors (Lipinski definition) is 2. The summed E-state index contributed by atoms with van der Waals surface area (Å²) in [6.45, 7) is 1.86. The average molecular weight is 296 g/mol. The fourth-order valence-electron chi connectivity index (χ4n) is 1.77. The third-order valence-electron chi connectivity index (χ3n) is 2.78. The fourth-order valence-corrected chi connectivity index (χ4v) is 3.03. The molecule has 2 rings (SSSR count). The van der Waals surface area contributed by atoms with Crippen LogP contribution in [0.2, 0.25) is 5.02 Å². The quantitative estimate of drug-likeness (QED) is 0.821. The van der Waals surface area contributed by atoms with Gasteiger partial charge in [0, 0.05) is 21.7 Å². The minimum Gasteiger partial charge on any atom is -0.324 e. The summed E-state index contributed by atoms with van der Waals surface area (Å²) in [5.74, 6) is 0.478. The first-order valence-electron chi connectivity index (χ1n) is 5.99. The molecule has 0 heterocycles. The van der Waals surface area contributed by atoms with Gasteiger partial charge < -0.3 is 5.73 Å². The van der Waals surface area contributed by atoms with Crippen LogP contribution in [0.5, 0.6) is 0 Å². The first-order valence-corrected chi connectivity index (χ1v) is 7.35. The molecule has 100 valence electrons. The summed E-state index contributed by atoms with van der Waals surface area (Å²) in [6, 6.07) is 12.4. The molecule has 2 aromatic carbocycles. The second kappa shape index (κ2) is 6.42.